The number of fused-ring (bicyclic) bond motifs is 1. The SMILES string of the molecule is O=C(O)C1CCN(c2cccc3cc[nH]c23)CC1. The molecule has 0 amide bonds. The molecule has 0 aliphatic carbocycles. The first-order valence-electron chi connectivity index (χ1n) is 6.29. The molecule has 94 valence electrons. The van der Waals surface area contributed by atoms with E-state index in [0.717, 1.165) is 31.4 Å². The van der Waals surface area contributed by atoms with Crippen LogP contribution in [0.15, 0.2) is 30.5 Å². The van der Waals surface area contributed by atoms with Crippen molar-refractivity contribution in [1.82, 2.24) is 4.98 Å². The van der Waals surface area contributed by atoms with Crippen molar-refractivity contribution in [1.29, 1.82) is 0 Å². The van der Waals surface area contributed by atoms with Gasteiger partial charge in [-0.25, -0.2) is 0 Å². The van der Waals surface area contributed by atoms with Crippen molar-refractivity contribution >= 4 is 22.6 Å². The zero-order valence-electron chi connectivity index (χ0n) is 10.1. The summed E-state index contributed by atoms with van der Waals surface area (Å²) < 4.78 is 0. The molecule has 1 aliphatic heterocycles. The lowest BCUT2D eigenvalue weighted by Gasteiger charge is -2.32. The molecular weight excluding hydrogens is 228 g/mol. The Morgan fingerprint density at radius 3 is 2.78 bits per heavy atom. The van der Waals surface area contributed by atoms with Crippen LogP contribution in [0.1, 0.15) is 12.8 Å². The molecule has 2 heterocycles. The Kier molecular flexibility index (Phi) is 2.70. The van der Waals surface area contributed by atoms with E-state index in [1.54, 1.807) is 0 Å². The van der Waals surface area contributed by atoms with Crippen molar-refractivity contribution < 1.29 is 9.90 Å². The van der Waals surface area contributed by atoms with Crippen LogP contribution in [-0.2, 0) is 4.79 Å². The zero-order valence-corrected chi connectivity index (χ0v) is 10.1. The van der Waals surface area contributed by atoms with Gasteiger partial charge in [0.2, 0.25) is 0 Å². The van der Waals surface area contributed by atoms with E-state index in [4.69, 9.17) is 5.11 Å². The highest BCUT2D eigenvalue weighted by Crippen LogP contribution is 2.29. The molecule has 1 fully saturated rings. The van der Waals surface area contributed by atoms with E-state index in [9.17, 15) is 4.79 Å². The highest BCUT2D eigenvalue weighted by atomic mass is 16.4. The number of para-hydroxylation sites is 1. The number of nitrogens with zero attached hydrogens (tertiary/aromatic N) is 1. The maximum atomic E-state index is 10.9. The average Bonchev–Trinajstić information content (AvgIpc) is 2.87. The van der Waals surface area contributed by atoms with E-state index in [1.165, 1.54) is 11.1 Å². The number of H-pyrrole nitrogens is 1. The maximum absolute atomic E-state index is 10.9. The van der Waals surface area contributed by atoms with E-state index in [0.29, 0.717) is 0 Å². The van der Waals surface area contributed by atoms with Gasteiger partial charge in [0.05, 0.1) is 17.1 Å². The second-order valence-corrected chi connectivity index (χ2v) is 4.82. The summed E-state index contributed by atoms with van der Waals surface area (Å²) in [4.78, 5) is 16.5. The first-order chi connectivity index (χ1) is 8.75. The minimum atomic E-state index is -0.660. The molecule has 0 bridgehead atoms. The van der Waals surface area contributed by atoms with Crippen molar-refractivity contribution in [3.8, 4) is 0 Å². The van der Waals surface area contributed by atoms with Gasteiger partial charge in [0.15, 0.2) is 0 Å². The van der Waals surface area contributed by atoms with E-state index in [-0.39, 0.29) is 5.92 Å². The maximum Gasteiger partial charge on any atom is 0.306 e. The summed E-state index contributed by atoms with van der Waals surface area (Å²) in [6, 6.07) is 8.29. The number of rotatable bonds is 2. The van der Waals surface area contributed by atoms with Gasteiger partial charge in [-0.2, -0.15) is 0 Å². The second-order valence-electron chi connectivity index (χ2n) is 4.82. The van der Waals surface area contributed by atoms with Gasteiger partial charge in [-0.3, -0.25) is 4.79 Å². The number of piperidine rings is 1. The number of carboxylic acids is 1. The topological polar surface area (TPSA) is 56.3 Å². The lowest BCUT2D eigenvalue weighted by molar-refractivity contribution is -0.142. The van der Waals surface area contributed by atoms with Gasteiger partial charge in [0.25, 0.3) is 0 Å². The summed E-state index contributed by atoms with van der Waals surface area (Å²) in [5.41, 5.74) is 2.33. The van der Waals surface area contributed by atoms with Gasteiger partial charge >= 0.3 is 5.97 Å². The van der Waals surface area contributed by atoms with Crippen LogP contribution in [0.3, 0.4) is 0 Å². The van der Waals surface area contributed by atoms with Crippen LogP contribution >= 0.6 is 0 Å². The van der Waals surface area contributed by atoms with Crippen LogP contribution in [0.4, 0.5) is 5.69 Å². The highest BCUT2D eigenvalue weighted by molar-refractivity contribution is 5.91. The van der Waals surface area contributed by atoms with Gasteiger partial charge in [0, 0.05) is 24.7 Å². The fraction of sp³-hybridized carbons (Fsp3) is 0.357. The van der Waals surface area contributed by atoms with Crippen LogP contribution in [0.25, 0.3) is 10.9 Å². The standard InChI is InChI=1S/C14H16N2O2/c17-14(18)11-5-8-16(9-6-11)12-3-1-2-10-4-7-15-13(10)12/h1-4,7,11,15H,5-6,8-9H2,(H,17,18). The third-order valence-electron chi connectivity index (χ3n) is 3.75. The Hall–Kier alpha value is -1.97. The van der Waals surface area contributed by atoms with Crippen LogP contribution in [0.2, 0.25) is 0 Å². The molecule has 1 saturated heterocycles. The summed E-state index contributed by atoms with van der Waals surface area (Å²) in [6.07, 6.45) is 3.40. The van der Waals surface area contributed by atoms with Crippen LogP contribution in [0.5, 0.6) is 0 Å². The Morgan fingerprint density at radius 2 is 2.06 bits per heavy atom. The molecule has 0 saturated carbocycles. The Labute approximate surface area is 105 Å². The number of aromatic nitrogens is 1. The first kappa shape index (κ1) is 11.1. The molecule has 1 aromatic carbocycles. The molecule has 18 heavy (non-hydrogen) atoms. The van der Waals surface area contributed by atoms with Crippen LogP contribution in [0, 0.1) is 5.92 Å². The van der Waals surface area contributed by atoms with Gasteiger partial charge in [-0.1, -0.05) is 12.1 Å². The predicted octanol–water partition coefficient (Wildman–Crippen LogP) is 2.47. The fourth-order valence-corrected chi connectivity index (χ4v) is 2.70. The third-order valence-corrected chi connectivity index (χ3v) is 3.75. The number of benzene rings is 1. The zero-order chi connectivity index (χ0) is 12.5. The highest BCUT2D eigenvalue weighted by Gasteiger charge is 2.25. The van der Waals surface area contributed by atoms with Gasteiger partial charge in [0.1, 0.15) is 0 Å². The van der Waals surface area contributed by atoms with E-state index < -0.39 is 5.97 Å². The molecule has 3 rings (SSSR count). The van der Waals surface area contributed by atoms with Gasteiger partial charge in [-0.05, 0) is 25.0 Å². The molecule has 2 aromatic rings. The Morgan fingerprint density at radius 1 is 1.28 bits per heavy atom. The molecule has 0 unspecified atom stereocenters. The monoisotopic (exact) mass is 244 g/mol. The molecule has 1 aromatic heterocycles. The molecule has 0 spiro atoms. The minimum absolute atomic E-state index is 0.177. The van der Waals surface area contributed by atoms with Crippen molar-refractivity contribution in [3.05, 3.63) is 30.5 Å². The van der Waals surface area contributed by atoms with Crippen molar-refractivity contribution in [2.75, 3.05) is 18.0 Å². The number of aliphatic carboxylic acids is 1. The average molecular weight is 244 g/mol. The number of hydrogen-bond donors (Lipinski definition) is 2. The molecule has 1 aliphatic rings. The van der Waals surface area contributed by atoms with Crippen LogP contribution in [-0.4, -0.2) is 29.1 Å². The fourth-order valence-electron chi connectivity index (χ4n) is 2.70. The quantitative estimate of drug-likeness (QED) is 0.853. The lowest BCUT2D eigenvalue weighted by atomic mass is 9.96. The van der Waals surface area contributed by atoms with E-state index in [2.05, 4.69) is 34.1 Å². The minimum Gasteiger partial charge on any atom is -0.481 e. The number of carboxylic acid groups (broad SMARTS) is 1. The lowest BCUT2D eigenvalue weighted by Crippen LogP contribution is -2.36. The summed E-state index contributed by atoms with van der Waals surface area (Å²) in [5.74, 6) is -0.836. The largest absolute Gasteiger partial charge is 0.481 e. The third kappa shape index (κ3) is 1.83. The van der Waals surface area contributed by atoms with Crippen molar-refractivity contribution in [3.63, 3.8) is 0 Å². The number of anilines is 1. The molecule has 2 N–H and O–H groups in total. The molecule has 0 atom stereocenters. The molecule has 0 radical (unpaired) electrons. The number of hydrogen-bond acceptors (Lipinski definition) is 2. The first-order valence-corrected chi connectivity index (χ1v) is 6.29. The van der Waals surface area contributed by atoms with Crippen molar-refractivity contribution in [2.24, 2.45) is 5.92 Å². The second kappa shape index (κ2) is 4.37. The normalized spacial score (nSPS) is 17.2. The Balaban J connectivity index is 1.84. The van der Waals surface area contributed by atoms with Crippen molar-refractivity contribution in [2.45, 2.75) is 12.8 Å². The predicted molar refractivity (Wildman–Crippen MR) is 70.9 cm³/mol. The molecular formula is C14H16N2O2. The number of nitrogens with one attached hydrogen (secondary N) is 1. The number of carbonyl (C=O) groups is 1. The Bertz CT molecular complexity index is 568. The number of aromatic amines is 1. The molecule has 4 heteroatoms. The summed E-state index contributed by atoms with van der Waals surface area (Å²) in [5, 5.41) is 10.2. The van der Waals surface area contributed by atoms with Crippen LogP contribution < -0.4 is 4.90 Å². The summed E-state index contributed by atoms with van der Waals surface area (Å²) >= 11 is 0. The smallest absolute Gasteiger partial charge is 0.306 e. The summed E-state index contributed by atoms with van der Waals surface area (Å²) in [6.45, 7) is 1.63. The van der Waals surface area contributed by atoms with Gasteiger partial charge in [-0.15, -0.1) is 0 Å². The summed E-state index contributed by atoms with van der Waals surface area (Å²) in [7, 11) is 0. The van der Waals surface area contributed by atoms with Gasteiger partial charge < -0.3 is 15.0 Å². The van der Waals surface area contributed by atoms with E-state index in [1.807, 2.05) is 6.20 Å². The molecule has 4 nitrogen and oxygen atoms in total. The van der Waals surface area contributed by atoms with E-state index >= 15 is 0 Å².